The van der Waals surface area contributed by atoms with Crippen molar-refractivity contribution in [1.29, 1.82) is 0 Å². The number of nitrogen functional groups attached to an aromatic ring is 1. The van der Waals surface area contributed by atoms with Crippen LogP contribution in [-0.2, 0) is 20.0 Å². The van der Waals surface area contributed by atoms with Gasteiger partial charge in [0.05, 0.1) is 6.54 Å². The molecule has 2 rings (SSSR count). The van der Waals surface area contributed by atoms with E-state index in [0.717, 1.165) is 18.5 Å². The number of hydrogen-bond donors (Lipinski definition) is 2. The Kier molecular flexibility index (Phi) is 4.29. The number of pyridine rings is 1. The number of anilines is 1. The van der Waals surface area contributed by atoms with Crippen LogP contribution < -0.4 is 11.1 Å². The lowest BCUT2D eigenvalue weighted by molar-refractivity contribution is 0.0949. The van der Waals surface area contributed by atoms with Gasteiger partial charge in [-0.3, -0.25) is 4.79 Å². The summed E-state index contributed by atoms with van der Waals surface area (Å²) in [5.74, 6) is 0.855. The molecule has 7 nitrogen and oxygen atoms in total. The van der Waals surface area contributed by atoms with Crippen molar-refractivity contribution >= 4 is 11.7 Å². The third kappa shape index (κ3) is 3.31. The first-order valence-corrected chi connectivity index (χ1v) is 6.47. The van der Waals surface area contributed by atoms with E-state index >= 15 is 0 Å². The van der Waals surface area contributed by atoms with Gasteiger partial charge < -0.3 is 15.6 Å². The van der Waals surface area contributed by atoms with E-state index in [1.165, 1.54) is 0 Å². The van der Waals surface area contributed by atoms with Crippen LogP contribution in [0.5, 0.6) is 0 Å². The standard InChI is InChI=1S/C13H18N6O/c1-3-4-10-5-9(6-11(14)17-10)13(20)15-7-12-18-16-8-19(12)2/h5-6,8H,3-4,7H2,1-2H3,(H2,14,17)(H,15,20). The SMILES string of the molecule is CCCc1cc(C(=O)NCc2nncn2C)cc(N)n1. The molecule has 0 aliphatic heterocycles. The zero-order chi connectivity index (χ0) is 14.5. The van der Waals surface area contributed by atoms with Gasteiger partial charge in [0.2, 0.25) is 0 Å². The Morgan fingerprint density at radius 3 is 2.90 bits per heavy atom. The third-order valence-corrected chi connectivity index (χ3v) is 2.88. The van der Waals surface area contributed by atoms with Crippen molar-refractivity contribution in [3.8, 4) is 0 Å². The Morgan fingerprint density at radius 1 is 1.45 bits per heavy atom. The first kappa shape index (κ1) is 14.0. The smallest absolute Gasteiger partial charge is 0.251 e. The molecule has 0 spiro atoms. The molecule has 0 atom stereocenters. The number of carbonyl (C=O) groups excluding carboxylic acids is 1. The number of hydrogen-bond acceptors (Lipinski definition) is 5. The van der Waals surface area contributed by atoms with Crippen LogP contribution in [-0.4, -0.2) is 25.7 Å². The zero-order valence-corrected chi connectivity index (χ0v) is 11.6. The molecule has 0 bridgehead atoms. The van der Waals surface area contributed by atoms with Gasteiger partial charge in [-0.15, -0.1) is 10.2 Å². The van der Waals surface area contributed by atoms with Gasteiger partial charge in [-0.05, 0) is 18.6 Å². The molecule has 7 heteroatoms. The quantitative estimate of drug-likeness (QED) is 0.835. The van der Waals surface area contributed by atoms with Crippen LogP contribution in [0.4, 0.5) is 5.82 Å². The summed E-state index contributed by atoms with van der Waals surface area (Å²) >= 11 is 0. The molecule has 1 amide bonds. The second-order valence-electron chi connectivity index (χ2n) is 4.56. The van der Waals surface area contributed by atoms with Crippen molar-refractivity contribution in [2.45, 2.75) is 26.3 Å². The molecule has 0 aliphatic rings. The summed E-state index contributed by atoms with van der Waals surface area (Å²) in [4.78, 5) is 16.3. The summed E-state index contributed by atoms with van der Waals surface area (Å²) < 4.78 is 1.75. The van der Waals surface area contributed by atoms with Crippen LogP contribution in [0.3, 0.4) is 0 Å². The number of amides is 1. The van der Waals surface area contributed by atoms with E-state index in [1.807, 2.05) is 7.05 Å². The average Bonchev–Trinajstić information content (AvgIpc) is 2.81. The number of nitrogens with two attached hydrogens (primary N) is 1. The predicted octanol–water partition coefficient (Wildman–Crippen LogP) is 0.675. The fourth-order valence-electron chi connectivity index (χ4n) is 1.85. The summed E-state index contributed by atoms with van der Waals surface area (Å²) in [5, 5.41) is 10.5. The van der Waals surface area contributed by atoms with E-state index in [4.69, 9.17) is 5.73 Å². The highest BCUT2D eigenvalue weighted by atomic mass is 16.1. The lowest BCUT2D eigenvalue weighted by atomic mass is 10.1. The highest BCUT2D eigenvalue weighted by Gasteiger charge is 2.10. The second kappa shape index (κ2) is 6.14. The van der Waals surface area contributed by atoms with Crippen molar-refractivity contribution in [3.05, 3.63) is 35.5 Å². The topological polar surface area (TPSA) is 98.7 Å². The van der Waals surface area contributed by atoms with Crippen LogP contribution in [0, 0.1) is 0 Å². The monoisotopic (exact) mass is 274 g/mol. The molecule has 0 aromatic carbocycles. The van der Waals surface area contributed by atoms with E-state index in [2.05, 4.69) is 27.4 Å². The maximum atomic E-state index is 12.1. The minimum absolute atomic E-state index is 0.195. The van der Waals surface area contributed by atoms with Crippen molar-refractivity contribution < 1.29 is 4.79 Å². The van der Waals surface area contributed by atoms with Gasteiger partial charge in [-0.25, -0.2) is 4.98 Å². The molecule has 0 fully saturated rings. The Balaban J connectivity index is 2.07. The number of rotatable bonds is 5. The van der Waals surface area contributed by atoms with Gasteiger partial charge in [0.15, 0.2) is 5.82 Å². The van der Waals surface area contributed by atoms with Gasteiger partial charge >= 0.3 is 0 Å². The minimum atomic E-state index is -0.195. The van der Waals surface area contributed by atoms with Crippen LogP contribution in [0.25, 0.3) is 0 Å². The molecule has 2 aromatic rings. The van der Waals surface area contributed by atoms with Crippen molar-refractivity contribution in [2.75, 3.05) is 5.73 Å². The largest absolute Gasteiger partial charge is 0.384 e. The van der Waals surface area contributed by atoms with Gasteiger partial charge in [-0.2, -0.15) is 0 Å². The van der Waals surface area contributed by atoms with Crippen molar-refractivity contribution in [1.82, 2.24) is 25.1 Å². The van der Waals surface area contributed by atoms with E-state index < -0.39 is 0 Å². The maximum Gasteiger partial charge on any atom is 0.251 e. The summed E-state index contributed by atoms with van der Waals surface area (Å²) in [6.07, 6.45) is 3.34. The first-order valence-electron chi connectivity index (χ1n) is 6.47. The normalized spacial score (nSPS) is 10.5. The number of aryl methyl sites for hydroxylation is 2. The molecule has 0 unspecified atom stereocenters. The van der Waals surface area contributed by atoms with Crippen LogP contribution in [0.2, 0.25) is 0 Å². The summed E-state index contributed by atoms with van der Waals surface area (Å²) in [5.41, 5.74) is 7.07. The van der Waals surface area contributed by atoms with Gasteiger partial charge in [0.25, 0.3) is 5.91 Å². The van der Waals surface area contributed by atoms with E-state index in [9.17, 15) is 4.79 Å². The number of nitrogens with zero attached hydrogens (tertiary/aromatic N) is 4. The summed E-state index contributed by atoms with van der Waals surface area (Å²) in [7, 11) is 1.82. The Bertz CT molecular complexity index is 607. The Labute approximate surface area is 117 Å². The highest BCUT2D eigenvalue weighted by molar-refractivity contribution is 5.94. The lowest BCUT2D eigenvalue weighted by Gasteiger charge is -2.07. The molecule has 0 radical (unpaired) electrons. The number of carbonyl (C=O) groups is 1. The Morgan fingerprint density at radius 2 is 2.25 bits per heavy atom. The van der Waals surface area contributed by atoms with Crippen LogP contribution in [0.15, 0.2) is 18.5 Å². The molecular formula is C13H18N6O. The van der Waals surface area contributed by atoms with Crippen LogP contribution >= 0.6 is 0 Å². The molecule has 0 saturated carbocycles. The minimum Gasteiger partial charge on any atom is -0.384 e. The summed E-state index contributed by atoms with van der Waals surface area (Å²) in [6, 6.07) is 3.34. The fourth-order valence-corrected chi connectivity index (χ4v) is 1.85. The molecule has 0 aliphatic carbocycles. The molecular weight excluding hydrogens is 256 g/mol. The number of aromatic nitrogens is 4. The first-order chi connectivity index (χ1) is 9.60. The maximum absolute atomic E-state index is 12.1. The molecule has 20 heavy (non-hydrogen) atoms. The number of nitrogens with one attached hydrogen (secondary N) is 1. The Hall–Kier alpha value is -2.44. The molecule has 2 heterocycles. The van der Waals surface area contributed by atoms with Crippen LogP contribution in [0.1, 0.15) is 35.2 Å². The fraction of sp³-hybridized carbons (Fsp3) is 0.385. The molecule has 0 saturated heterocycles. The van der Waals surface area contributed by atoms with Gasteiger partial charge in [-0.1, -0.05) is 13.3 Å². The van der Waals surface area contributed by atoms with E-state index in [0.29, 0.717) is 23.8 Å². The van der Waals surface area contributed by atoms with Crippen molar-refractivity contribution in [2.24, 2.45) is 7.05 Å². The molecule has 3 N–H and O–H groups in total. The lowest BCUT2D eigenvalue weighted by Crippen LogP contribution is -2.24. The van der Waals surface area contributed by atoms with E-state index in [1.54, 1.807) is 23.0 Å². The average molecular weight is 274 g/mol. The third-order valence-electron chi connectivity index (χ3n) is 2.88. The second-order valence-corrected chi connectivity index (χ2v) is 4.56. The predicted molar refractivity (Wildman–Crippen MR) is 74.8 cm³/mol. The van der Waals surface area contributed by atoms with E-state index in [-0.39, 0.29) is 5.91 Å². The molecule has 106 valence electrons. The summed E-state index contributed by atoms with van der Waals surface area (Å²) in [6.45, 7) is 2.37. The van der Waals surface area contributed by atoms with Crippen molar-refractivity contribution in [3.63, 3.8) is 0 Å². The molecule has 2 aromatic heterocycles. The zero-order valence-electron chi connectivity index (χ0n) is 11.6. The van der Waals surface area contributed by atoms with Gasteiger partial charge in [0, 0.05) is 18.3 Å². The van der Waals surface area contributed by atoms with Gasteiger partial charge in [0.1, 0.15) is 12.1 Å². The highest BCUT2D eigenvalue weighted by Crippen LogP contribution is 2.09.